The lowest BCUT2D eigenvalue weighted by Gasteiger charge is -2.05. The summed E-state index contributed by atoms with van der Waals surface area (Å²) in [7, 11) is 0. The molecule has 0 saturated carbocycles. The van der Waals surface area contributed by atoms with Gasteiger partial charge in [0.25, 0.3) is 0 Å². The van der Waals surface area contributed by atoms with E-state index in [-0.39, 0.29) is 23.8 Å². The van der Waals surface area contributed by atoms with Gasteiger partial charge in [-0.05, 0) is 19.3 Å². The Morgan fingerprint density at radius 2 is 1.68 bits per heavy atom. The topological polar surface area (TPSA) is 102 Å². The first kappa shape index (κ1) is 23.1. The number of ether oxygens (including phenoxy) is 1. The quantitative estimate of drug-likeness (QED) is 0.0834. The van der Waals surface area contributed by atoms with Crippen LogP contribution >= 0.6 is 0 Å². The maximum atomic E-state index is 11.7. The summed E-state index contributed by atoms with van der Waals surface area (Å²) in [5.41, 5.74) is 0.0728. The lowest BCUT2D eigenvalue weighted by molar-refractivity contribution is -0.480. The Balaban J connectivity index is 3.60. The Hall–Kier alpha value is -1.92. The Kier molecular flexibility index (Phi) is 15.6. The number of oxime groups is 1. The summed E-state index contributed by atoms with van der Waals surface area (Å²) < 4.78 is 5.03. The lowest BCUT2D eigenvalue weighted by Crippen LogP contribution is -2.17. The number of carbonyl (C=O) groups is 1. The summed E-state index contributed by atoms with van der Waals surface area (Å²) in [4.78, 5) is 21.6. The third-order valence-electron chi connectivity index (χ3n) is 3.79. The van der Waals surface area contributed by atoms with Crippen molar-refractivity contribution < 1.29 is 19.7 Å². The molecule has 0 radical (unpaired) electrons. The zero-order valence-corrected chi connectivity index (χ0v) is 15.3. The molecule has 0 rings (SSSR count). The van der Waals surface area contributed by atoms with E-state index in [0.29, 0.717) is 12.8 Å². The zero-order valence-electron chi connectivity index (χ0n) is 15.3. The fourth-order valence-electron chi connectivity index (χ4n) is 2.35. The van der Waals surface area contributed by atoms with Crippen molar-refractivity contribution in [1.82, 2.24) is 0 Å². The molecule has 0 fully saturated rings. The Labute approximate surface area is 150 Å². The Morgan fingerprint density at radius 1 is 1.08 bits per heavy atom. The number of hydrogen-bond donors (Lipinski definition) is 1. The third kappa shape index (κ3) is 15.4. The molecule has 7 nitrogen and oxygen atoms in total. The molecule has 0 amide bonds. The predicted molar refractivity (Wildman–Crippen MR) is 97.6 cm³/mol. The van der Waals surface area contributed by atoms with Gasteiger partial charge in [0.15, 0.2) is 5.71 Å². The van der Waals surface area contributed by atoms with Crippen LogP contribution in [0.4, 0.5) is 0 Å². The molecule has 0 bridgehead atoms. The lowest BCUT2D eigenvalue weighted by atomic mass is 10.1. The highest BCUT2D eigenvalue weighted by atomic mass is 16.6. The van der Waals surface area contributed by atoms with E-state index >= 15 is 0 Å². The number of carbonyl (C=O) groups excluding carboxylic acids is 1. The largest absolute Gasteiger partial charge is 0.457 e. The van der Waals surface area contributed by atoms with Crippen LogP contribution in [-0.2, 0) is 9.53 Å². The van der Waals surface area contributed by atoms with Crippen LogP contribution in [0.5, 0.6) is 0 Å². The minimum atomic E-state index is -0.561. The van der Waals surface area contributed by atoms with E-state index in [9.17, 15) is 14.9 Å². The maximum Gasteiger partial charge on any atom is 0.356 e. The highest BCUT2D eigenvalue weighted by Crippen LogP contribution is 2.10. The first-order valence-electron chi connectivity index (χ1n) is 9.26. The van der Waals surface area contributed by atoms with Crippen molar-refractivity contribution in [2.75, 3.05) is 13.2 Å². The first-order valence-corrected chi connectivity index (χ1v) is 9.26. The molecule has 7 heteroatoms. The van der Waals surface area contributed by atoms with Crippen molar-refractivity contribution in [2.45, 2.75) is 77.6 Å². The molecule has 0 unspecified atom stereocenters. The molecule has 0 spiro atoms. The number of nitro groups is 1. The fourth-order valence-corrected chi connectivity index (χ4v) is 2.35. The van der Waals surface area contributed by atoms with Crippen LogP contribution in [0, 0.1) is 10.1 Å². The fraction of sp³-hybridized carbons (Fsp3) is 0.778. The normalized spacial score (nSPS) is 11.8. The summed E-state index contributed by atoms with van der Waals surface area (Å²) in [5, 5.41) is 22.1. The monoisotopic (exact) mass is 356 g/mol. The van der Waals surface area contributed by atoms with Crippen molar-refractivity contribution in [2.24, 2.45) is 5.16 Å². The van der Waals surface area contributed by atoms with Crippen LogP contribution in [0.1, 0.15) is 77.6 Å². The third-order valence-corrected chi connectivity index (χ3v) is 3.79. The van der Waals surface area contributed by atoms with E-state index in [1.165, 1.54) is 0 Å². The Morgan fingerprint density at radius 3 is 2.24 bits per heavy atom. The standard InChI is InChI=1S/C18H32N2O5/c1-2-3-4-13-16-25-18(21)17(19-22)14-11-9-7-5-6-8-10-12-15-20(23)24/h4,13,22H,2-3,5-12,14-16H2,1H3/b13-4+,19-17+. The highest BCUT2D eigenvalue weighted by Gasteiger charge is 2.12. The molecular weight excluding hydrogens is 324 g/mol. The molecule has 0 heterocycles. The van der Waals surface area contributed by atoms with Gasteiger partial charge in [0.1, 0.15) is 6.61 Å². The van der Waals surface area contributed by atoms with Crippen LogP contribution in [0.3, 0.4) is 0 Å². The number of unbranched alkanes of at least 4 members (excludes halogenated alkanes) is 8. The number of rotatable bonds is 16. The maximum absolute atomic E-state index is 11.7. The van der Waals surface area contributed by atoms with Gasteiger partial charge in [-0.3, -0.25) is 10.1 Å². The molecule has 1 N–H and O–H groups in total. The first-order chi connectivity index (χ1) is 12.1. The number of esters is 1. The zero-order chi connectivity index (χ0) is 18.8. The minimum Gasteiger partial charge on any atom is -0.457 e. The van der Waals surface area contributed by atoms with Gasteiger partial charge in [-0.2, -0.15) is 0 Å². The van der Waals surface area contributed by atoms with Crippen molar-refractivity contribution in [3.05, 3.63) is 22.3 Å². The van der Waals surface area contributed by atoms with Gasteiger partial charge in [0, 0.05) is 17.8 Å². The van der Waals surface area contributed by atoms with Crippen molar-refractivity contribution >= 4 is 11.7 Å². The number of nitrogens with zero attached hydrogens (tertiary/aromatic N) is 2. The van der Waals surface area contributed by atoms with Gasteiger partial charge in [-0.1, -0.05) is 62.8 Å². The number of allylic oxidation sites excluding steroid dienone is 1. The molecule has 144 valence electrons. The van der Waals surface area contributed by atoms with Crippen molar-refractivity contribution in [3.8, 4) is 0 Å². The molecule has 25 heavy (non-hydrogen) atoms. The smallest absolute Gasteiger partial charge is 0.356 e. The van der Waals surface area contributed by atoms with Crippen molar-refractivity contribution in [3.63, 3.8) is 0 Å². The summed E-state index contributed by atoms with van der Waals surface area (Å²) >= 11 is 0. The summed E-state index contributed by atoms with van der Waals surface area (Å²) in [6.07, 6.45) is 13.7. The average Bonchev–Trinajstić information content (AvgIpc) is 2.59. The van der Waals surface area contributed by atoms with Gasteiger partial charge in [-0.25, -0.2) is 4.79 Å². The molecule has 0 aromatic heterocycles. The van der Waals surface area contributed by atoms with E-state index in [1.807, 2.05) is 6.08 Å². The number of hydrogen-bond acceptors (Lipinski definition) is 6. The van der Waals surface area contributed by atoms with Gasteiger partial charge >= 0.3 is 5.97 Å². The van der Waals surface area contributed by atoms with Crippen LogP contribution in [0.2, 0.25) is 0 Å². The molecule has 0 aliphatic carbocycles. The molecule has 0 aromatic carbocycles. The van der Waals surface area contributed by atoms with Crippen LogP contribution < -0.4 is 0 Å². The van der Waals surface area contributed by atoms with E-state index < -0.39 is 5.97 Å². The van der Waals surface area contributed by atoms with Gasteiger partial charge in [0.2, 0.25) is 6.54 Å². The Bertz CT molecular complexity index is 422. The molecular formula is C18H32N2O5. The van der Waals surface area contributed by atoms with E-state index in [4.69, 9.17) is 9.94 Å². The molecule has 0 aliphatic heterocycles. The van der Waals surface area contributed by atoms with Gasteiger partial charge in [0.05, 0.1) is 0 Å². The van der Waals surface area contributed by atoms with Crippen LogP contribution in [0.15, 0.2) is 17.3 Å². The second kappa shape index (κ2) is 16.9. The summed E-state index contributed by atoms with van der Waals surface area (Å²) in [6.45, 7) is 2.34. The summed E-state index contributed by atoms with van der Waals surface area (Å²) in [6, 6.07) is 0. The second-order valence-corrected chi connectivity index (χ2v) is 6.04. The van der Waals surface area contributed by atoms with Gasteiger partial charge < -0.3 is 9.94 Å². The SMILES string of the molecule is CCC/C=C/COC(=O)/C(CCCCCCCCCC[N+](=O)[O-])=N/O. The average molecular weight is 356 g/mol. The van der Waals surface area contributed by atoms with Crippen LogP contribution in [0.25, 0.3) is 0 Å². The van der Waals surface area contributed by atoms with Crippen molar-refractivity contribution in [1.29, 1.82) is 0 Å². The summed E-state index contributed by atoms with van der Waals surface area (Å²) in [5.74, 6) is -0.561. The van der Waals surface area contributed by atoms with Gasteiger partial charge in [-0.15, -0.1) is 0 Å². The van der Waals surface area contributed by atoms with E-state index in [1.54, 1.807) is 6.08 Å². The van der Waals surface area contributed by atoms with Crippen LogP contribution in [-0.4, -0.2) is 35.0 Å². The molecule has 0 aliphatic rings. The van der Waals surface area contributed by atoms with E-state index in [0.717, 1.165) is 57.8 Å². The second-order valence-electron chi connectivity index (χ2n) is 6.04. The highest BCUT2D eigenvalue weighted by molar-refractivity contribution is 6.36. The minimum absolute atomic E-state index is 0.0633. The molecule has 0 aromatic rings. The molecule has 0 saturated heterocycles. The molecule has 0 atom stereocenters. The van der Waals surface area contributed by atoms with E-state index in [2.05, 4.69) is 12.1 Å². The predicted octanol–water partition coefficient (Wildman–Crippen LogP) is 4.50.